The van der Waals surface area contributed by atoms with Gasteiger partial charge in [0.05, 0.1) is 0 Å². The van der Waals surface area contributed by atoms with E-state index in [1.807, 2.05) is 19.1 Å². The molecule has 0 aliphatic carbocycles. The molecule has 3 heteroatoms. The van der Waals surface area contributed by atoms with Crippen molar-refractivity contribution in [3.8, 4) is 5.75 Å². The van der Waals surface area contributed by atoms with E-state index >= 15 is 0 Å². The Hall–Kier alpha value is -2.29. The fourth-order valence-electron chi connectivity index (χ4n) is 2.07. The molecule has 20 heavy (non-hydrogen) atoms. The number of hydrogen-bond donors (Lipinski definition) is 1. The van der Waals surface area contributed by atoms with Crippen LogP contribution in [-0.2, 0) is 6.61 Å². The molecule has 0 spiro atoms. The van der Waals surface area contributed by atoms with E-state index in [9.17, 15) is 4.79 Å². The fourth-order valence-corrected chi connectivity index (χ4v) is 2.07. The van der Waals surface area contributed by atoms with Gasteiger partial charge in [0.2, 0.25) is 5.91 Å². The molecule has 104 valence electrons. The summed E-state index contributed by atoms with van der Waals surface area (Å²) in [5.74, 6) is 0.520. The maximum absolute atomic E-state index is 11.0. The Bertz CT molecular complexity index is 630. The van der Waals surface area contributed by atoms with Gasteiger partial charge in [-0.05, 0) is 55.2 Å². The summed E-state index contributed by atoms with van der Waals surface area (Å²) in [7, 11) is 0. The third-order valence-electron chi connectivity index (χ3n) is 3.50. The molecule has 2 aromatic carbocycles. The normalized spacial score (nSPS) is 10.3. The molecule has 3 nitrogen and oxygen atoms in total. The minimum absolute atomic E-state index is 0.414. The van der Waals surface area contributed by atoms with E-state index in [1.54, 1.807) is 12.1 Å². The first-order valence-corrected chi connectivity index (χ1v) is 6.57. The monoisotopic (exact) mass is 269 g/mol. The quantitative estimate of drug-likeness (QED) is 0.926. The van der Waals surface area contributed by atoms with E-state index in [0.29, 0.717) is 12.2 Å². The molecular weight excluding hydrogens is 250 g/mol. The van der Waals surface area contributed by atoms with Crippen LogP contribution in [0.25, 0.3) is 0 Å². The van der Waals surface area contributed by atoms with Gasteiger partial charge in [-0.2, -0.15) is 0 Å². The molecule has 0 bridgehead atoms. The van der Waals surface area contributed by atoms with Crippen LogP contribution in [0.3, 0.4) is 0 Å². The topological polar surface area (TPSA) is 52.3 Å². The number of carbonyl (C=O) groups excluding carboxylic acids is 1. The van der Waals surface area contributed by atoms with E-state index in [1.165, 1.54) is 11.1 Å². The summed E-state index contributed by atoms with van der Waals surface area (Å²) in [6, 6.07) is 11.3. The van der Waals surface area contributed by atoms with Gasteiger partial charge in [-0.3, -0.25) is 4.79 Å². The maximum atomic E-state index is 11.0. The van der Waals surface area contributed by atoms with Crippen molar-refractivity contribution in [2.75, 3.05) is 0 Å². The van der Waals surface area contributed by atoms with Crippen LogP contribution in [0.4, 0.5) is 0 Å². The highest BCUT2D eigenvalue weighted by Crippen LogP contribution is 2.26. The Balaban J connectivity index is 2.13. The van der Waals surface area contributed by atoms with Crippen LogP contribution in [-0.4, -0.2) is 5.91 Å². The molecule has 0 fully saturated rings. The second-order valence-electron chi connectivity index (χ2n) is 5.00. The van der Waals surface area contributed by atoms with Crippen molar-refractivity contribution < 1.29 is 9.53 Å². The Labute approximate surface area is 119 Å². The standard InChI is InChI=1S/C17H19NO2/c1-11-4-5-12(2)16(13(11)3)20-10-14-6-8-15(9-7-14)17(18)19/h4-9H,10H2,1-3H3,(H2,18,19). The molecule has 0 heterocycles. The number of hydrogen-bond acceptors (Lipinski definition) is 2. The third kappa shape index (κ3) is 2.99. The number of amides is 1. The van der Waals surface area contributed by atoms with Gasteiger partial charge in [0.25, 0.3) is 0 Å². The van der Waals surface area contributed by atoms with Gasteiger partial charge < -0.3 is 10.5 Å². The molecule has 1 amide bonds. The molecular formula is C17H19NO2. The summed E-state index contributed by atoms with van der Waals surface area (Å²) in [6.07, 6.45) is 0. The van der Waals surface area contributed by atoms with Crippen molar-refractivity contribution in [2.24, 2.45) is 5.73 Å². The fraction of sp³-hybridized carbons (Fsp3) is 0.235. The predicted octanol–water partition coefficient (Wildman–Crippen LogP) is 3.29. The highest BCUT2D eigenvalue weighted by Gasteiger charge is 2.07. The van der Waals surface area contributed by atoms with Crippen LogP contribution in [0.15, 0.2) is 36.4 Å². The van der Waals surface area contributed by atoms with E-state index in [-0.39, 0.29) is 0 Å². The average Bonchev–Trinajstić information content (AvgIpc) is 2.43. The molecule has 0 saturated heterocycles. The lowest BCUT2D eigenvalue weighted by Gasteiger charge is -2.14. The second-order valence-corrected chi connectivity index (χ2v) is 5.00. The van der Waals surface area contributed by atoms with Crippen molar-refractivity contribution in [1.29, 1.82) is 0 Å². The van der Waals surface area contributed by atoms with Crippen molar-refractivity contribution in [3.05, 3.63) is 64.2 Å². The summed E-state index contributed by atoms with van der Waals surface area (Å²) in [5.41, 5.74) is 10.2. The van der Waals surface area contributed by atoms with Crippen LogP contribution >= 0.6 is 0 Å². The SMILES string of the molecule is Cc1ccc(C)c(OCc2ccc(C(N)=O)cc2)c1C. The smallest absolute Gasteiger partial charge is 0.248 e. The minimum Gasteiger partial charge on any atom is -0.488 e. The number of carbonyl (C=O) groups is 1. The van der Waals surface area contributed by atoms with Crippen LogP contribution in [0.1, 0.15) is 32.6 Å². The van der Waals surface area contributed by atoms with E-state index in [0.717, 1.165) is 16.9 Å². The molecule has 2 rings (SSSR count). The largest absolute Gasteiger partial charge is 0.488 e. The first-order valence-electron chi connectivity index (χ1n) is 6.57. The zero-order valence-corrected chi connectivity index (χ0v) is 12.1. The van der Waals surface area contributed by atoms with Crippen LogP contribution in [0.2, 0.25) is 0 Å². The summed E-state index contributed by atoms with van der Waals surface area (Å²) in [4.78, 5) is 11.0. The zero-order valence-electron chi connectivity index (χ0n) is 12.1. The van der Waals surface area contributed by atoms with Crippen molar-refractivity contribution in [3.63, 3.8) is 0 Å². The summed E-state index contributed by atoms with van der Waals surface area (Å²) in [6.45, 7) is 6.65. The van der Waals surface area contributed by atoms with Gasteiger partial charge in [0.1, 0.15) is 12.4 Å². The van der Waals surface area contributed by atoms with Gasteiger partial charge in [0.15, 0.2) is 0 Å². The lowest BCUT2D eigenvalue weighted by Crippen LogP contribution is -2.10. The lowest BCUT2D eigenvalue weighted by atomic mass is 10.1. The third-order valence-corrected chi connectivity index (χ3v) is 3.50. The van der Waals surface area contributed by atoms with Crippen LogP contribution < -0.4 is 10.5 Å². The Morgan fingerprint density at radius 3 is 2.20 bits per heavy atom. The number of primary amides is 1. The summed E-state index contributed by atoms with van der Waals surface area (Å²) >= 11 is 0. The molecule has 2 aromatic rings. The molecule has 0 aliphatic rings. The van der Waals surface area contributed by atoms with Crippen molar-refractivity contribution in [2.45, 2.75) is 27.4 Å². The number of benzene rings is 2. The molecule has 0 radical (unpaired) electrons. The van der Waals surface area contributed by atoms with Gasteiger partial charge >= 0.3 is 0 Å². The Kier molecular flexibility index (Phi) is 4.08. The number of nitrogens with two attached hydrogens (primary N) is 1. The molecule has 0 aromatic heterocycles. The molecule has 2 N–H and O–H groups in total. The van der Waals surface area contributed by atoms with E-state index < -0.39 is 5.91 Å². The van der Waals surface area contributed by atoms with Gasteiger partial charge in [-0.25, -0.2) is 0 Å². The number of ether oxygens (including phenoxy) is 1. The first-order chi connectivity index (χ1) is 9.49. The summed E-state index contributed by atoms with van der Waals surface area (Å²) < 4.78 is 5.92. The average molecular weight is 269 g/mol. The van der Waals surface area contributed by atoms with Gasteiger partial charge in [0, 0.05) is 5.56 Å². The number of aryl methyl sites for hydroxylation is 2. The van der Waals surface area contributed by atoms with Gasteiger partial charge in [-0.15, -0.1) is 0 Å². The molecule has 0 aliphatic heterocycles. The zero-order chi connectivity index (χ0) is 14.7. The highest BCUT2D eigenvalue weighted by molar-refractivity contribution is 5.92. The van der Waals surface area contributed by atoms with Crippen LogP contribution in [0.5, 0.6) is 5.75 Å². The Morgan fingerprint density at radius 2 is 1.60 bits per heavy atom. The lowest BCUT2D eigenvalue weighted by molar-refractivity contribution is 0.1000. The summed E-state index contributed by atoms with van der Waals surface area (Å²) in [5, 5.41) is 0. The van der Waals surface area contributed by atoms with Crippen LogP contribution in [0, 0.1) is 20.8 Å². The first kappa shape index (κ1) is 14.1. The number of rotatable bonds is 4. The Morgan fingerprint density at radius 1 is 1.00 bits per heavy atom. The maximum Gasteiger partial charge on any atom is 0.248 e. The highest BCUT2D eigenvalue weighted by atomic mass is 16.5. The predicted molar refractivity (Wildman–Crippen MR) is 79.9 cm³/mol. The van der Waals surface area contributed by atoms with Crippen molar-refractivity contribution in [1.82, 2.24) is 0 Å². The van der Waals surface area contributed by atoms with E-state index in [2.05, 4.69) is 26.0 Å². The second kappa shape index (κ2) is 5.78. The molecule has 0 atom stereocenters. The molecule has 0 saturated carbocycles. The van der Waals surface area contributed by atoms with Gasteiger partial charge in [-0.1, -0.05) is 24.3 Å². The minimum atomic E-state index is -0.414. The van der Waals surface area contributed by atoms with Crippen molar-refractivity contribution >= 4 is 5.91 Å². The van der Waals surface area contributed by atoms with E-state index in [4.69, 9.17) is 10.5 Å². The molecule has 0 unspecified atom stereocenters.